The van der Waals surface area contributed by atoms with Crippen LogP contribution in [0.3, 0.4) is 0 Å². The SMILES string of the molecule is COc1ccc(NC(=O)[C@@H]2[C@@H](C(=O)O)[C@@H]3CC[C@@H]2O3)cc1OC. The second kappa shape index (κ2) is 6.08. The summed E-state index contributed by atoms with van der Waals surface area (Å²) in [5.74, 6) is -1.73. The number of carbonyl (C=O) groups is 2. The van der Waals surface area contributed by atoms with Crippen molar-refractivity contribution in [1.29, 1.82) is 0 Å². The van der Waals surface area contributed by atoms with Gasteiger partial charge in [-0.25, -0.2) is 0 Å². The summed E-state index contributed by atoms with van der Waals surface area (Å²) in [6, 6.07) is 5.00. The Bertz CT molecular complexity index is 631. The third-order valence-corrected chi connectivity index (χ3v) is 4.51. The first-order valence-electron chi connectivity index (χ1n) is 7.46. The number of amides is 1. The number of nitrogens with one attached hydrogen (secondary N) is 1. The molecule has 2 saturated heterocycles. The van der Waals surface area contributed by atoms with Crippen LogP contribution >= 0.6 is 0 Å². The van der Waals surface area contributed by atoms with Gasteiger partial charge in [0.05, 0.1) is 38.3 Å². The van der Waals surface area contributed by atoms with Crippen LogP contribution in [0.2, 0.25) is 0 Å². The maximum Gasteiger partial charge on any atom is 0.310 e. The van der Waals surface area contributed by atoms with Crippen molar-refractivity contribution >= 4 is 17.6 Å². The molecule has 0 aromatic heterocycles. The minimum absolute atomic E-state index is 0.318. The molecule has 0 radical (unpaired) electrons. The lowest BCUT2D eigenvalue weighted by molar-refractivity contribution is -0.147. The van der Waals surface area contributed by atoms with Crippen LogP contribution in [0.1, 0.15) is 12.8 Å². The van der Waals surface area contributed by atoms with Crippen molar-refractivity contribution in [2.24, 2.45) is 11.8 Å². The molecule has 1 amide bonds. The number of rotatable bonds is 5. The van der Waals surface area contributed by atoms with E-state index in [0.717, 1.165) is 6.42 Å². The molecule has 7 nitrogen and oxygen atoms in total. The maximum atomic E-state index is 12.5. The lowest BCUT2D eigenvalue weighted by Gasteiger charge is -2.24. The number of benzene rings is 1. The van der Waals surface area contributed by atoms with Crippen LogP contribution in [-0.2, 0) is 14.3 Å². The van der Waals surface area contributed by atoms with E-state index in [1.807, 2.05) is 0 Å². The fourth-order valence-electron chi connectivity index (χ4n) is 3.46. The summed E-state index contributed by atoms with van der Waals surface area (Å²) in [4.78, 5) is 24.0. The van der Waals surface area contributed by atoms with Crippen LogP contribution in [-0.4, -0.2) is 43.4 Å². The number of carbonyl (C=O) groups excluding carboxylic acids is 1. The molecule has 1 aromatic rings. The van der Waals surface area contributed by atoms with E-state index in [4.69, 9.17) is 14.2 Å². The van der Waals surface area contributed by atoms with Gasteiger partial charge in [-0.2, -0.15) is 0 Å². The highest BCUT2D eigenvalue weighted by atomic mass is 16.5. The molecule has 2 heterocycles. The van der Waals surface area contributed by atoms with E-state index in [0.29, 0.717) is 23.6 Å². The van der Waals surface area contributed by atoms with Crippen LogP contribution in [0, 0.1) is 11.8 Å². The summed E-state index contributed by atoms with van der Waals surface area (Å²) in [6.07, 6.45) is 0.736. The predicted octanol–water partition coefficient (Wildman–Crippen LogP) is 1.52. The van der Waals surface area contributed by atoms with Gasteiger partial charge in [0.1, 0.15) is 0 Å². The summed E-state index contributed by atoms with van der Waals surface area (Å²) in [5, 5.41) is 12.1. The standard InChI is InChI=1S/C16H19NO6/c1-21-9-4-3-8(7-12(9)22-2)17-15(18)13-10-5-6-11(23-10)14(13)16(19)20/h3-4,7,10-11,13-14H,5-6H2,1-2H3,(H,17,18)(H,19,20)/t10-,11-,13-,14-/m0/s1. The first kappa shape index (κ1) is 15.6. The molecule has 2 N–H and O–H groups in total. The number of anilines is 1. The van der Waals surface area contributed by atoms with Crippen LogP contribution in [0.4, 0.5) is 5.69 Å². The van der Waals surface area contributed by atoms with Gasteiger partial charge in [0.2, 0.25) is 5.91 Å². The predicted molar refractivity (Wildman–Crippen MR) is 80.7 cm³/mol. The Morgan fingerprint density at radius 1 is 1.13 bits per heavy atom. The van der Waals surface area contributed by atoms with Gasteiger partial charge in [-0.15, -0.1) is 0 Å². The van der Waals surface area contributed by atoms with E-state index < -0.39 is 17.8 Å². The molecule has 2 aliphatic heterocycles. The summed E-state index contributed by atoms with van der Waals surface area (Å²) in [7, 11) is 3.04. The molecule has 0 spiro atoms. The minimum Gasteiger partial charge on any atom is -0.493 e. The van der Waals surface area contributed by atoms with E-state index in [1.165, 1.54) is 14.2 Å². The third-order valence-electron chi connectivity index (χ3n) is 4.51. The Hall–Kier alpha value is -2.28. The van der Waals surface area contributed by atoms with Gasteiger partial charge in [0, 0.05) is 11.8 Å². The molecule has 2 aliphatic rings. The molecule has 0 saturated carbocycles. The molecule has 1 aromatic carbocycles. The molecule has 3 rings (SSSR count). The average Bonchev–Trinajstić information content (AvgIpc) is 3.15. The fraction of sp³-hybridized carbons (Fsp3) is 0.500. The zero-order valence-corrected chi connectivity index (χ0v) is 12.9. The Labute approximate surface area is 133 Å². The second-order valence-corrected chi connectivity index (χ2v) is 5.74. The minimum atomic E-state index is -0.982. The summed E-state index contributed by atoms with van der Waals surface area (Å²) >= 11 is 0. The second-order valence-electron chi connectivity index (χ2n) is 5.74. The molecule has 2 fully saturated rings. The molecule has 2 bridgehead atoms. The highest BCUT2D eigenvalue weighted by Crippen LogP contribution is 2.44. The van der Waals surface area contributed by atoms with Crippen molar-refractivity contribution < 1.29 is 28.9 Å². The topological polar surface area (TPSA) is 94.1 Å². The highest BCUT2D eigenvalue weighted by Gasteiger charge is 2.55. The fourth-order valence-corrected chi connectivity index (χ4v) is 3.46. The number of carboxylic acid groups (broad SMARTS) is 1. The zero-order chi connectivity index (χ0) is 16.6. The Morgan fingerprint density at radius 3 is 2.39 bits per heavy atom. The summed E-state index contributed by atoms with van der Waals surface area (Å²) in [6.45, 7) is 0. The Balaban J connectivity index is 1.78. The number of hydrogen-bond donors (Lipinski definition) is 2. The average molecular weight is 321 g/mol. The van der Waals surface area contributed by atoms with E-state index in [2.05, 4.69) is 5.32 Å². The van der Waals surface area contributed by atoms with Crippen molar-refractivity contribution in [3.8, 4) is 11.5 Å². The number of ether oxygens (including phenoxy) is 3. The summed E-state index contributed by atoms with van der Waals surface area (Å²) in [5.41, 5.74) is 0.527. The quantitative estimate of drug-likeness (QED) is 0.854. The molecule has 124 valence electrons. The molecule has 4 atom stereocenters. The van der Waals surface area contributed by atoms with Gasteiger partial charge in [-0.3, -0.25) is 9.59 Å². The smallest absolute Gasteiger partial charge is 0.310 e. The monoisotopic (exact) mass is 321 g/mol. The number of hydrogen-bond acceptors (Lipinski definition) is 5. The Kier molecular flexibility index (Phi) is 4.12. The van der Waals surface area contributed by atoms with Crippen molar-refractivity contribution in [2.45, 2.75) is 25.0 Å². The van der Waals surface area contributed by atoms with Crippen LogP contribution in [0.15, 0.2) is 18.2 Å². The van der Waals surface area contributed by atoms with Gasteiger partial charge in [0.25, 0.3) is 0 Å². The van der Waals surface area contributed by atoms with Crippen molar-refractivity contribution in [3.05, 3.63) is 18.2 Å². The van der Waals surface area contributed by atoms with E-state index >= 15 is 0 Å². The van der Waals surface area contributed by atoms with Crippen molar-refractivity contribution in [3.63, 3.8) is 0 Å². The number of aliphatic carboxylic acids is 1. The number of carboxylic acids is 1. The summed E-state index contributed by atoms with van der Waals surface area (Å²) < 4.78 is 16.0. The van der Waals surface area contributed by atoms with Gasteiger partial charge in [-0.05, 0) is 25.0 Å². The van der Waals surface area contributed by atoms with Gasteiger partial charge in [-0.1, -0.05) is 0 Å². The van der Waals surface area contributed by atoms with E-state index in [1.54, 1.807) is 18.2 Å². The molecule has 23 heavy (non-hydrogen) atoms. The van der Waals surface area contributed by atoms with Gasteiger partial charge in [0.15, 0.2) is 11.5 Å². The first-order valence-corrected chi connectivity index (χ1v) is 7.46. The third kappa shape index (κ3) is 2.72. The number of fused-ring (bicyclic) bond motifs is 2. The largest absolute Gasteiger partial charge is 0.493 e. The van der Waals surface area contributed by atoms with Gasteiger partial charge < -0.3 is 24.6 Å². The van der Waals surface area contributed by atoms with Crippen LogP contribution < -0.4 is 14.8 Å². The first-order chi connectivity index (χ1) is 11.0. The molecular formula is C16H19NO6. The molecule has 0 unspecified atom stereocenters. The lowest BCUT2D eigenvalue weighted by Crippen LogP contribution is -2.40. The van der Waals surface area contributed by atoms with Crippen molar-refractivity contribution in [1.82, 2.24) is 0 Å². The lowest BCUT2D eigenvalue weighted by atomic mass is 9.78. The highest BCUT2D eigenvalue weighted by molar-refractivity contribution is 5.96. The van der Waals surface area contributed by atoms with E-state index in [-0.39, 0.29) is 18.1 Å². The Morgan fingerprint density at radius 2 is 1.78 bits per heavy atom. The van der Waals surface area contributed by atoms with Crippen LogP contribution in [0.25, 0.3) is 0 Å². The normalized spacial score (nSPS) is 28.4. The number of methoxy groups -OCH3 is 2. The zero-order valence-electron chi connectivity index (χ0n) is 12.9. The molecular weight excluding hydrogens is 302 g/mol. The molecule has 0 aliphatic carbocycles. The molecule has 7 heteroatoms. The maximum absolute atomic E-state index is 12.5. The van der Waals surface area contributed by atoms with Gasteiger partial charge >= 0.3 is 5.97 Å². The van der Waals surface area contributed by atoms with Crippen molar-refractivity contribution in [2.75, 3.05) is 19.5 Å². The van der Waals surface area contributed by atoms with Crippen LogP contribution in [0.5, 0.6) is 11.5 Å². The van der Waals surface area contributed by atoms with E-state index in [9.17, 15) is 14.7 Å².